The molecule has 0 aliphatic carbocycles. The third-order valence-electron chi connectivity index (χ3n) is 1.25. The zero-order chi connectivity index (χ0) is 9.28. The summed E-state index contributed by atoms with van der Waals surface area (Å²) in [5.74, 6) is 0.218. The largest absolute Gasteiger partial charge is 0.311 e. The Morgan fingerprint density at radius 2 is 1.73 bits per heavy atom. The molecule has 1 unspecified atom stereocenters. The second kappa shape index (κ2) is 9.63. The molecule has 0 spiro atoms. The fraction of sp³-hybridized carbons (Fsp3) is 0.889. The van der Waals surface area contributed by atoms with E-state index in [0.29, 0.717) is 0 Å². The number of Topliss-reactive ketones (excluding diaryl/α,β-unsaturated/α-hetero) is 1. The fourth-order valence-corrected chi connectivity index (χ4v) is 0.695. The SMILES string of the molecule is CCC.CCC(NC)C(C)=O. The molecule has 0 aromatic carbocycles. The van der Waals surface area contributed by atoms with E-state index in [4.69, 9.17) is 0 Å². The number of likely N-dealkylation sites (N-methyl/N-ethyl adjacent to an activating group) is 1. The highest BCUT2D eigenvalue weighted by molar-refractivity contribution is 5.81. The summed E-state index contributed by atoms with van der Waals surface area (Å²) in [6.45, 7) is 7.84. The fourth-order valence-electron chi connectivity index (χ4n) is 0.695. The molecule has 2 heteroatoms. The highest BCUT2D eigenvalue weighted by atomic mass is 16.1. The lowest BCUT2D eigenvalue weighted by molar-refractivity contribution is -0.118. The lowest BCUT2D eigenvalue weighted by Crippen LogP contribution is -2.31. The Hall–Kier alpha value is -0.370. The molecule has 0 bridgehead atoms. The Morgan fingerprint density at radius 1 is 1.36 bits per heavy atom. The van der Waals surface area contributed by atoms with Crippen LogP contribution < -0.4 is 5.32 Å². The van der Waals surface area contributed by atoms with Gasteiger partial charge in [-0.25, -0.2) is 0 Å². The monoisotopic (exact) mass is 159 g/mol. The maximum absolute atomic E-state index is 10.5. The second-order valence-corrected chi connectivity index (χ2v) is 2.57. The van der Waals surface area contributed by atoms with E-state index in [1.54, 1.807) is 14.0 Å². The summed E-state index contributed by atoms with van der Waals surface area (Å²) in [4.78, 5) is 10.5. The molecule has 2 nitrogen and oxygen atoms in total. The molecule has 0 radical (unpaired) electrons. The molecule has 0 saturated carbocycles. The van der Waals surface area contributed by atoms with Crippen molar-refractivity contribution in [3.05, 3.63) is 0 Å². The standard InChI is InChI=1S/C6H13NO.C3H8/c1-4-6(7-3)5(2)8;1-3-2/h6-7H,4H2,1-3H3;3H2,1-2H3. The molecule has 0 fully saturated rings. The van der Waals surface area contributed by atoms with Gasteiger partial charge in [-0.2, -0.15) is 0 Å². The summed E-state index contributed by atoms with van der Waals surface area (Å²) in [6.07, 6.45) is 2.13. The van der Waals surface area contributed by atoms with Crippen LogP contribution in [0.25, 0.3) is 0 Å². The van der Waals surface area contributed by atoms with E-state index >= 15 is 0 Å². The summed E-state index contributed by atoms with van der Waals surface area (Å²) < 4.78 is 0. The van der Waals surface area contributed by atoms with E-state index in [0.717, 1.165) is 6.42 Å². The van der Waals surface area contributed by atoms with Gasteiger partial charge in [0.05, 0.1) is 6.04 Å². The third-order valence-corrected chi connectivity index (χ3v) is 1.25. The maximum atomic E-state index is 10.5. The van der Waals surface area contributed by atoms with Crippen LogP contribution in [0, 0.1) is 0 Å². The second-order valence-electron chi connectivity index (χ2n) is 2.57. The Kier molecular flexibility index (Phi) is 11.6. The van der Waals surface area contributed by atoms with Gasteiger partial charge in [0.15, 0.2) is 0 Å². The van der Waals surface area contributed by atoms with Crippen LogP contribution in [0.5, 0.6) is 0 Å². The molecule has 0 aliphatic heterocycles. The molecule has 0 aromatic rings. The van der Waals surface area contributed by atoms with Crippen LogP contribution in [0.15, 0.2) is 0 Å². The molecule has 0 rings (SSSR count). The van der Waals surface area contributed by atoms with E-state index in [9.17, 15) is 4.79 Å². The molecular weight excluding hydrogens is 138 g/mol. The van der Waals surface area contributed by atoms with Crippen LogP contribution in [0.3, 0.4) is 0 Å². The van der Waals surface area contributed by atoms with Gasteiger partial charge in [0.25, 0.3) is 0 Å². The lowest BCUT2D eigenvalue weighted by Gasteiger charge is -2.07. The van der Waals surface area contributed by atoms with Gasteiger partial charge >= 0.3 is 0 Å². The first-order valence-electron chi connectivity index (χ1n) is 4.31. The molecule has 0 aliphatic rings. The third kappa shape index (κ3) is 9.63. The first-order chi connectivity index (χ1) is 5.13. The van der Waals surface area contributed by atoms with Gasteiger partial charge in [0.1, 0.15) is 5.78 Å². The number of hydrogen-bond donors (Lipinski definition) is 1. The quantitative estimate of drug-likeness (QED) is 0.682. The predicted molar refractivity (Wildman–Crippen MR) is 49.8 cm³/mol. The Bertz CT molecular complexity index is 87.6. The van der Waals surface area contributed by atoms with Crippen LogP contribution in [0.2, 0.25) is 0 Å². The molecule has 0 heterocycles. The van der Waals surface area contributed by atoms with Crippen molar-refractivity contribution in [3.8, 4) is 0 Å². The lowest BCUT2D eigenvalue weighted by atomic mass is 10.1. The van der Waals surface area contributed by atoms with E-state index < -0.39 is 0 Å². The molecule has 11 heavy (non-hydrogen) atoms. The average molecular weight is 159 g/mol. The van der Waals surface area contributed by atoms with Gasteiger partial charge in [0, 0.05) is 0 Å². The highest BCUT2D eigenvalue weighted by Crippen LogP contribution is 1.88. The normalized spacial score (nSPS) is 11.4. The van der Waals surface area contributed by atoms with E-state index in [1.807, 2.05) is 6.92 Å². The number of carbonyl (C=O) groups is 1. The van der Waals surface area contributed by atoms with Crippen molar-refractivity contribution in [3.63, 3.8) is 0 Å². The summed E-state index contributed by atoms with van der Waals surface area (Å²) in [7, 11) is 1.80. The first kappa shape index (κ1) is 13.2. The minimum Gasteiger partial charge on any atom is -0.311 e. The maximum Gasteiger partial charge on any atom is 0.146 e. The van der Waals surface area contributed by atoms with E-state index in [1.165, 1.54) is 6.42 Å². The molecular formula is C9H21NO. The number of ketones is 1. The molecule has 0 saturated heterocycles. The van der Waals surface area contributed by atoms with E-state index in [2.05, 4.69) is 19.2 Å². The number of hydrogen-bond acceptors (Lipinski definition) is 2. The molecule has 0 aromatic heterocycles. The molecule has 1 N–H and O–H groups in total. The number of carbonyl (C=O) groups excluding carboxylic acids is 1. The minimum atomic E-state index is 0.0648. The van der Waals surface area contributed by atoms with Gasteiger partial charge in [-0.15, -0.1) is 0 Å². The molecule has 0 amide bonds. The highest BCUT2D eigenvalue weighted by Gasteiger charge is 2.05. The van der Waals surface area contributed by atoms with Gasteiger partial charge < -0.3 is 5.32 Å². The number of rotatable bonds is 3. The smallest absolute Gasteiger partial charge is 0.146 e. The van der Waals surface area contributed by atoms with Crippen LogP contribution in [-0.4, -0.2) is 18.9 Å². The van der Waals surface area contributed by atoms with Crippen molar-refractivity contribution in [2.24, 2.45) is 0 Å². The Labute approximate surface area is 70.4 Å². The van der Waals surface area contributed by atoms with Crippen LogP contribution in [0.1, 0.15) is 40.5 Å². The van der Waals surface area contributed by atoms with Crippen molar-refractivity contribution < 1.29 is 4.79 Å². The Balaban J connectivity index is 0. The van der Waals surface area contributed by atoms with Crippen LogP contribution in [-0.2, 0) is 4.79 Å². The van der Waals surface area contributed by atoms with Crippen molar-refractivity contribution in [1.29, 1.82) is 0 Å². The van der Waals surface area contributed by atoms with Gasteiger partial charge in [-0.3, -0.25) is 4.79 Å². The summed E-state index contributed by atoms with van der Waals surface area (Å²) in [5.41, 5.74) is 0. The first-order valence-corrected chi connectivity index (χ1v) is 4.31. The van der Waals surface area contributed by atoms with Crippen molar-refractivity contribution in [1.82, 2.24) is 5.32 Å². The minimum absolute atomic E-state index is 0.0648. The molecule has 1 atom stereocenters. The molecule has 68 valence electrons. The number of nitrogens with one attached hydrogen (secondary N) is 1. The topological polar surface area (TPSA) is 29.1 Å². The zero-order valence-corrected chi connectivity index (χ0v) is 8.40. The Morgan fingerprint density at radius 3 is 1.73 bits per heavy atom. The van der Waals surface area contributed by atoms with Crippen molar-refractivity contribution in [2.45, 2.75) is 46.6 Å². The van der Waals surface area contributed by atoms with Gasteiger partial charge in [-0.05, 0) is 20.4 Å². The van der Waals surface area contributed by atoms with Crippen LogP contribution >= 0.6 is 0 Å². The van der Waals surface area contributed by atoms with Gasteiger partial charge in [-0.1, -0.05) is 27.2 Å². The zero-order valence-electron chi connectivity index (χ0n) is 8.40. The summed E-state index contributed by atoms with van der Waals surface area (Å²) in [5, 5.41) is 2.90. The van der Waals surface area contributed by atoms with Crippen LogP contribution in [0.4, 0.5) is 0 Å². The predicted octanol–water partition coefficient (Wildman–Crippen LogP) is 1.99. The average Bonchev–Trinajstić information content (AvgIpc) is 1.91. The van der Waals surface area contributed by atoms with Crippen molar-refractivity contribution in [2.75, 3.05) is 7.05 Å². The van der Waals surface area contributed by atoms with Crippen molar-refractivity contribution >= 4 is 5.78 Å². The van der Waals surface area contributed by atoms with E-state index in [-0.39, 0.29) is 11.8 Å². The summed E-state index contributed by atoms with van der Waals surface area (Å²) >= 11 is 0. The van der Waals surface area contributed by atoms with Gasteiger partial charge in [0.2, 0.25) is 0 Å². The summed E-state index contributed by atoms with van der Waals surface area (Å²) in [6, 6.07) is 0.0648.